The molecule has 0 aliphatic heterocycles. The Kier molecular flexibility index (Phi) is 8.00. The number of nitrogens with zero attached hydrogens (tertiary/aromatic N) is 5. The molecule has 3 aromatic heterocycles. The van der Waals surface area contributed by atoms with E-state index in [4.69, 9.17) is 15.0 Å². The van der Waals surface area contributed by atoms with Gasteiger partial charge >= 0.3 is 0 Å². The minimum atomic E-state index is -0.533. The molecular weight excluding hydrogens is 599 g/mol. The van der Waals surface area contributed by atoms with Crippen molar-refractivity contribution in [2.75, 3.05) is 0 Å². The molecule has 0 saturated heterocycles. The fraction of sp³-hybridized carbons (Fsp3) is 0.0682. The number of benzene rings is 4. The van der Waals surface area contributed by atoms with E-state index in [1.54, 1.807) is 0 Å². The average Bonchev–Trinajstić information content (AvgIpc) is 3.19. The van der Waals surface area contributed by atoms with Crippen molar-refractivity contribution in [1.29, 1.82) is 0 Å². The van der Waals surface area contributed by atoms with Gasteiger partial charge in [-0.05, 0) is 72.0 Å². The smallest absolute Gasteiger partial charge is 0.163 e. The second-order valence-corrected chi connectivity index (χ2v) is 12.5. The second-order valence-electron chi connectivity index (χ2n) is 12.5. The molecule has 0 bridgehead atoms. The number of hydrogen-bond donors (Lipinski definition) is 0. The third-order valence-electron chi connectivity index (χ3n) is 8.92. The quantitative estimate of drug-likeness (QED) is 0.175. The molecule has 49 heavy (non-hydrogen) atoms. The van der Waals surface area contributed by atoms with Crippen LogP contribution >= 0.6 is 0 Å². The van der Waals surface area contributed by atoms with E-state index in [2.05, 4.69) is 126 Å². The van der Waals surface area contributed by atoms with Gasteiger partial charge in [-0.3, -0.25) is 9.97 Å². The molecule has 1 aliphatic rings. The molecule has 8 rings (SSSR count). The zero-order chi connectivity index (χ0) is 33.0. The first-order chi connectivity index (χ1) is 24.1. The van der Waals surface area contributed by atoms with Gasteiger partial charge in [0.05, 0.1) is 16.8 Å². The Bertz CT molecular complexity index is 2200. The molecular formula is C44H33N5. The van der Waals surface area contributed by atoms with Crippen LogP contribution in [0.2, 0.25) is 0 Å². The Morgan fingerprint density at radius 2 is 0.959 bits per heavy atom. The van der Waals surface area contributed by atoms with E-state index in [9.17, 15) is 0 Å². The van der Waals surface area contributed by atoms with Gasteiger partial charge in [0.1, 0.15) is 5.82 Å². The van der Waals surface area contributed by atoms with Crippen molar-refractivity contribution in [2.24, 2.45) is 0 Å². The molecule has 1 atom stereocenters. The van der Waals surface area contributed by atoms with Crippen LogP contribution in [0.1, 0.15) is 30.3 Å². The molecule has 0 radical (unpaired) electrons. The van der Waals surface area contributed by atoms with Crippen LogP contribution in [0.4, 0.5) is 0 Å². The molecule has 234 valence electrons. The zero-order valence-electron chi connectivity index (χ0n) is 27.1. The molecule has 5 heteroatoms. The summed E-state index contributed by atoms with van der Waals surface area (Å²) in [4.78, 5) is 24.8. The van der Waals surface area contributed by atoms with E-state index in [1.807, 2.05) is 60.9 Å². The van der Waals surface area contributed by atoms with E-state index in [0.29, 0.717) is 17.5 Å². The van der Waals surface area contributed by atoms with Gasteiger partial charge in [-0.25, -0.2) is 15.0 Å². The highest BCUT2D eigenvalue weighted by Crippen LogP contribution is 2.43. The summed E-state index contributed by atoms with van der Waals surface area (Å²) in [5.41, 5.74) is 9.80. The topological polar surface area (TPSA) is 64.5 Å². The van der Waals surface area contributed by atoms with Crippen LogP contribution in [0.5, 0.6) is 0 Å². The predicted octanol–water partition coefficient (Wildman–Crippen LogP) is 10.2. The van der Waals surface area contributed by atoms with Gasteiger partial charge in [0, 0.05) is 34.6 Å². The number of aromatic nitrogens is 5. The second kappa shape index (κ2) is 13.1. The van der Waals surface area contributed by atoms with Gasteiger partial charge < -0.3 is 0 Å². The van der Waals surface area contributed by atoms with E-state index in [1.165, 1.54) is 11.1 Å². The first kappa shape index (κ1) is 30.0. The molecule has 0 amide bonds. The van der Waals surface area contributed by atoms with Crippen molar-refractivity contribution in [2.45, 2.75) is 18.8 Å². The summed E-state index contributed by atoms with van der Waals surface area (Å²) >= 11 is 0. The van der Waals surface area contributed by atoms with E-state index < -0.39 is 5.41 Å². The molecule has 1 aliphatic carbocycles. The summed E-state index contributed by atoms with van der Waals surface area (Å²) in [5.74, 6) is 1.95. The zero-order valence-corrected chi connectivity index (χ0v) is 27.1. The minimum absolute atomic E-state index is 0.533. The maximum Gasteiger partial charge on any atom is 0.163 e. The lowest BCUT2D eigenvalue weighted by molar-refractivity contribution is 0.564. The number of allylic oxidation sites excluding steroid dienone is 4. The molecule has 3 heterocycles. The lowest BCUT2D eigenvalue weighted by Gasteiger charge is -2.31. The summed E-state index contributed by atoms with van der Waals surface area (Å²) < 4.78 is 0. The van der Waals surface area contributed by atoms with Crippen molar-refractivity contribution in [3.63, 3.8) is 0 Å². The fourth-order valence-corrected chi connectivity index (χ4v) is 6.44. The van der Waals surface area contributed by atoms with Crippen LogP contribution in [0.15, 0.2) is 170 Å². The Balaban J connectivity index is 1.31. The van der Waals surface area contributed by atoms with Gasteiger partial charge in [-0.2, -0.15) is 0 Å². The van der Waals surface area contributed by atoms with Crippen molar-refractivity contribution < 1.29 is 0 Å². The highest BCUT2D eigenvalue weighted by molar-refractivity contribution is 5.87. The minimum Gasteiger partial charge on any atom is -0.256 e. The molecule has 4 aromatic carbocycles. The van der Waals surface area contributed by atoms with Gasteiger partial charge in [-0.1, -0.05) is 121 Å². The summed E-state index contributed by atoms with van der Waals surface area (Å²) in [5, 5.41) is 0. The first-order valence-electron chi connectivity index (χ1n) is 16.5. The lowest BCUT2D eigenvalue weighted by Crippen LogP contribution is -2.26. The Hall–Kier alpha value is -6.33. The lowest BCUT2D eigenvalue weighted by atomic mass is 9.74. The van der Waals surface area contributed by atoms with Crippen molar-refractivity contribution in [1.82, 2.24) is 24.9 Å². The molecule has 0 N–H and O–H groups in total. The number of pyridine rings is 2. The number of rotatable bonds is 7. The standard InChI is InChI=1S/C44H33N5/c1-44(29-37(31-14-4-2-5-15-31)28-38(30-44)32-16-6-3-7-17-32)43-48-41(35-20-12-18-33(26-35)39-22-8-10-24-45-39)47-42(49-43)36-21-13-19-34(27-36)40-23-9-11-25-46-40/h2-29H,30H2,1H3/t44-/m1/s1. The monoisotopic (exact) mass is 631 g/mol. The highest BCUT2D eigenvalue weighted by atomic mass is 15.0. The van der Waals surface area contributed by atoms with Gasteiger partial charge in [0.15, 0.2) is 11.6 Å². The van der Waals surface area contributed by atoms with Crippen LogP contribution in [-0.2, 0) is 5.41 Å². The molecule has 5 nitrogen and oxygen atoms in total. The van der Waals surface area contributed by atoms with Gasteiger partial charge in [-0.15, -0.1) is 0 Å². The molecule has 0 fully saturated rings. The normalized spacial score (nSPS) is 15.7. The van der Waals surface area contributed by atoms with Crippen molar-refractivity contribution in [3.05, 3.63) is 187 Å². The number of hydrogen-bond acceptors (Lipinski definition) is 5. The molecule has 7 aromatic rings. The average molecular weight is 632 g/mol. The van der Waals surface area contributed by atoms with Gasteiger partial charge in [0.2, 0.25) is 0 Å². The Morgan fingerprint density at radius 3 is 1.49 bits per heavy atom. The maximum atomic E-state index is 5.27. The summed E-state index contributed by atoms with van der Waals surface area (Å²) in [7, 11) is 0. The third kappa shape index (κ3) is 6.34. The predicted molar refractivity (Wildman–Crippen MR) is 198 cm³/mol. The Morgan fingerprint density at radius 1 is 0.469 bits per heavy atom. The SMILES string of the molecule is C[C@@]1(c2nc(-c3cccc(-c4ccccn4)c3)nc(-c3cccc(-c4ccccn4)c3)n2)C=C(c2ccccc2)C=C(c2ccccc2)C1. The van der Waals surface area contributed by atoms with Crippen molar-refractivity contribution in [3.8, 4) is 45.3 Å². The first-order valence-corrected chi connectivity index (χ1v) is 16.5. The summed E-state index contributed by atoms with van der Waals surface area (Å²) in [6.45, 7) is 2.24. The van der Waals surface area contributed by atoms with Crippen LogP contribution in [0.25, 0.3) is 56.4 Å². The molecule has 0 unspecified atom stereocenters. The van der Waals surface area contributed by atoms with E-state index in [-0.39, 0.29) is 0 Å². The van der Waals surface area contributed by atoms with E-state index in [0.717, 1.165) is 51.2 Å². The van der Waals surface area contributed by atoms with Crippen molar-refractivity contribution >= 4 is 11.1 Å². The molecule has 0 spiro atoms. The third-order valence-corrected chi connectivity index (χ3v) is 8.92. The summed E-state index contributed by atoms with van der Waals surface area (Å²) in [6, 6.07) is 49.6. The van der Waals surface area contributed by atoms with Crippen LogP contribution in [-0.4, -0.2) is 24.9 Å². The highest BCUT2D eigenvalue weighted by Gasteiger charge is 2.34. The van der Waals surface area contributed by atoms with Crippen LogP contribution < -0.4 is 0 Å². The van der Waals surface area contributed by atoms with E-state index >= 15 is 0 Å². The fourth-order valence-electron chi connectivity index (χ4n) is 6.44. The largest absolute Gasteiger partial charge is 0.256 e. The maximum absolute atomic E-state index is 5.27. The van der Waals surface area contributed by atoms with Gasteiger partial charge in [0.25, 0.3) is 0 Å². The Labute approximate surface area is 286 Å². The molecule has 0 saturated carbocycles. The summed E-state index contributed by atoms with van der Waals surface area (Å²) in [6.07, 6.45) is 8.99. The van der Waals surface area contributed by atoms with Crippen LogP contribution in [0.3, 0.4) is 0 Å². The van der Waals surface area contributed by atoms with Crippen LogP contribution in [0, 0.1) is 0 Å².